The zero-order valence-corrected chi connectivity index (χ0v) is 19.0. The van der Waals surface area contributed by atoms with E-state index < -0.39 is 16.3 Å². The summed E-state index contributed by atoms with van der Waals surface area (Å²) in [5, 5.41) is 3.10. The smallest absolute Gasteiger partial charge is 0.244 e. The summed E-state index contributed by atoms with van der Waals surface area (Å²) in [6, 6.07) is 13.2. The lowest BCUT2D eigenvalue weighted by atomic mass is 10.0. The maximum atomic E-state index is 13.3. The van der Waals surface area contributed by atoms with Gasteiger partial charge in [-0.1, -0.05) is 35.9 Å². The van der Waals surface area contributed by atoms with Gasteiger partial charge in [0.05, 0.1) is 6.61 Å². The van der Waals surface area contributed by atoms with E-state index in [4.69, 9.17) is 16.3 Å². The summed E-state index contributed by atoms with van der Waals surface area (Å²) in [4.78, 5) is 14.0. The second-order valence-corrected chi connectivity index (χ2v) is 10.9. The van der Waals surface area contributed by atoms with Crippen molar-refractivity contribution in [3.63, 3.8) is 0 Å². The van der Waals surface area contributed by atoms with Crippen molar-refractivity contribution in [2.45, 2.75) is 36.6 Å². The third-order valence-corrected chi connectivity index (χ3v) is 9.45. The van der Waals surface area contributed by atoms with Crippen molar-refractivity contribution in [1.29, 1.82) is 0 Å². The van der Waals surface area contributed by atoms with Gasteiger partial charge in [0.15, 0.2) is 12.5 Å². The molecular weight excluding hydrogens is 456 g/mol. The zero-order valence-electron chi connectivity index (χ0n) is 16.6. The van der Waals surface area contributed by atoms with E-state index in [9.17, 15) is 13.2 Å². The Hall–Kier alpha value is -1.97. The van der Waals surface area contributed by atoms with Crippen LogP contribution < -0.4 is 4.90 Å². The van der Waals surface area contributed by atoms with E-state index in [0.29, 0.717) is 35.8 Å². The Balaban J connectivity index is 1.39. The first-order chi connectivity index (χ1) is 15.0. The van der Waals surface area contributed by atoms with Crippen molar-refractivity contribution in [3.05, 3.63) is 58.4 Å². The van der Waals surface area contributed by atoms with Gasteiger partial charge in [-0.3, -0.25) is 4.79 Å². The summed E-state index contributed by atoms with van der Waals surface area (Å²) in [5.41, 5.74) is 1.75. The highest BCUT2D eigenvalue weighted by molar-refractivity contribution is 7.89. The molecule has 31 heavy (non-hydrogen) atoms. The Morgan fingerprint density at radius 3 is 2.65 bits per heavy atom. The summed E-state index contributed by atoms with van der Waals surface area (Å²) < 4.78 is 34.9. The van der Waals surface area contributed by atoms with Gasteiger partial charge in [0.1, 0.15) is 4.90 Å². The van der Waals surface area contributed by atoms with E-state index in [-0.39, 0.29) is 12.6 Å². The molecule has 0 radical (unpaired) electrons. The van der Waals surface area contributed by atoms with Gasteiger partial charge in [-0.05, 0) is 31.0 Å². The topological polar surface area (TPSA) is 66.9 Å². The summed E-state index contributed by atoms with van der Waals surface area (Å²) in [6.45, 7) is 1.05. The van der Waals surface area contributed by atoms with Crippen LogP contribution in [0.25, 0.3) is 10.1 Å². The molecule has 9 heteroatoms. The minimum Gasteiger partial charge on any atom is -0.346 e. The zero-order chi connectivity index (χ0) is 21.6. The quantitative estimate of drug-likeness (QED) is 0.526. The lowest BCUT2D eigenvalue weighted by Crippen LogP contribution is -2.53. The molecule has 162 valence electrons. The van der Waals surface area contributed by atoms with Crippen LogP contribution in [0.5, 0.6) is 0 Å². The molecule has 0 N–H and O–H groups in total. The number of aldehydes is 1. The average molecular weight is 477 g/mol. The second kappa shape index (κ2) is 8.18. The SMILES string of the molecule is O=CC1OCc2c(Cl)cccc2N1C1CCN(S(=O)(=O)c2csc3ccccc23)CC1. The molecule has 1 saturated heterocycles. The van der Waals surface area contributed by atoms with Gasteiger partial charge in [0.25, 0.3) is 0 Å². The summed E-state index contributed by atoms with van der Waals surface area (Å²) in [5.74, 6) is 0. The van der Waals surface area contributed by atoms with Gasteiger partial charge in [0, 0.05) is 50.9 Å². The molecule has 1 fully saturated rings. The van der Waals surface area contributed by atoms with Crippen molar-refractivity contribution in [2.24, 2.45) is 0 Å². The Labute approximate surface area is 190 Å². The number of sulfonamides is 1. The van der Waals surface area contributed by atoms with Crippen LogP contribution in [0.1, 0.15) is 18.4 Å². The lowest BCUT2D eigenvalue weighted by molar-refractivity contribution is -0.120. The predicted molar refractivity (Wildman–Crippen MR) is 122 cm³/mol. The molecule has 1 unspecified atom stereocenters. The Kier molecular flexibility index (Phi) is 5.52. The molecule has 2 aliphatic rings. The van der Waals surface area contributed by atoms with E-state index >= 15 is 0 Å². The van der Waals surface area contributed by atoms with Gasteiger partial charge in [-0.15, -0.1) is 11.3 Å². The molecule has 0 bridgehead atoms. The van der Waals surface area contributed by atoms with E-state index in [0.717, 1.165) is 27.6 Å². The minimum absolute atomic E-state index is 0.0154. The van der Waals surface area contributed by atoms with Crippen LogP contribution in [0, 0.1) is 0 Å². The normalized spacial score (nSPS) is 20.7. The molecular formula is C22H21ClN2O4S2. The van der Waals surface area contributed by atoms with Crippen LogP contribution in [0.2, 0.25) is 5.02 Å². The molecule has 0 spiro atoms. The molecule has 3 aromatic rings. The number of rotatable bonds is 4. The number of benzene rings is 2. The standard InChI is InChI=1S/C22H21ClN2O4S2/c23-18-5-3-6-19-17(18)13-29-22(12-26)25(19)15-8-10-24(11-9-15)31(27,28)21-14-30-20-7-2-1-4-16(20)21/h1-7,12,14-15,22H,8-11,13H2. The Morgan fingerprint density at radius 1 is 1.10 bits per heavy atom. The van der Waals surface area contributed by atoms with Crippen molar-refractivity contribution >= 4 is 55.0 Å². The van der Waals surface area contributed by atoms with Crippen molar-refractivity contribution in [1.82, 2.24) is 4.31 Å². The number of carbonyl (C=O) groups excluding carboxylic acids is 1. The first-order valence-corrected chi connectivity index (χ1v) is 12.8. The summed E-state index contributed by atoms with van der Waals surface area (Å²) in [6.07, 6.45) is 1.30. The van der Waals surface area contributed by atoms with Crippen LogP contribution in [0.4, 0.5) is 5.69 Å². The number of hydrogen-bond donors (Lipinski definition) is 0. The number of fused-ring (bicyclic) bond motifs is 2. The number of thiophene rings is 1. The minimum atomic E-state index is -3.58. The molecule has 1 aromatic heterocycles. The number of anilines is 1. The molecule has 1 atom stereocenters. The molecule has 2 aromatic carbocycles. The maximum Gasteiger partial charge on any atom is 0.244 e. The fourth-order valence-corrected chi connectivity index (χ4v) is 7.65. The van der Waals surface area contributed by atoms with Crippen molar-refractivity contribution in [3.8, 4) is 0 Å². The second-order valence-electron chi connectivity index (χ2n) is 7.71. The predicted octanol–water partition coefficient (Wildman–Crippen LogP) is 4.27. The van der Waals surface area contributed by atoms with Crippen LogP contribution in [0.15, 0.2) is 52.7 Å². The van der Waals surface area contributed by atoms with E-state index in [2.05, 4.69) is 0 Å². The van der Waals surface area contributed by atoms with E-state index in [1.807, 2.05) is 47.4 Å². The number of halogens is 1. The van der Waals surface area contributed by atoms with Crippen LogP contribution in [-0.2, 0) is 26.2 Å². The van der Waals surface area contributed by atoms with Crippen LogP contribution >= 0.6 is 22.9 Å². The van der Waals surface area contributed by atoms with Gasteiger partial charge in [0.2, 0.25) is 10.0 Å². The highest BCUT2D eigenvalue weighted by Gasteiger charge is 2.38. The Bertz CT molecular complexity index is 1240. The first-order valence-electron chi connectivity index (χ1n) is 10.1. The van der Waals surface area contributed by atoms with Crippen molar-refractivity contribution in [2.75, 3.05) is 18.0 Å². The average Bonchev–Trinajstić information content (AvgIpc) is 3.24. The van der Waals surface area contributed by atoms with E-state index in [1.165, 1.54) is 11.3 Å². The first kappa shape index (κ1) is 20.9. The number of nitrogens with zero attached hydrogens (tertiary/aromatic N) is 2. The number of piperidine rings is 1. The fraction of sp³-hybridized carbons (Fsp3) is 0.318. The monoisotopic (exact) mass is 476 g/mol. The number of ether oxygens (including phenoxy) is 1. The van der Waals surface area contributed by atoms with E-state index in [1.54, 1.807) is 9.69 Å². The number of carbonyl (C=O) groups is 1. The summed E-state index contributed by atoms with van der Waals surface area (Å²) >= 11 is 7.79. The highest BCUT2D eigenvalue weighted by atomic mass is 35.5. The summed E-state index contributed by atoms with van der Waals surface area (Å²) in [7, 11) is -3.58. The molecule has 0 saturated carbocycles. The number of hydrogen-bond acceptors (Lipinski definition) is 6. The Morgan fingerprint density at radius 2 is 1.87 bits per heavy atom. The van der Waals surface area contributed by atoms with Gasteiger partial charge < -0.3 is 9.64 Å². The highest BCUT2D eigenvalue weighted by Crippen LogP contribution is 2.38. The lowest BCUT2D eigenvalue weighted by Gasteiger charge is -2.44. The fourth-order valence-electron chi connectivity index (χ4n) is 4.48. The van der Waals surface area contributed by atoms with Crippen molar-refractivity contribution < 1.29 is 17.9 Å². The third-order valence-electron chi connectivity index (χ3n) is 6.04. The van der Waals surface area contributed by atoms with Gasteiger partial charge in [-0.25, -0.2) is 8.42 Å². The third kappa shape index (κ3) is 3.56. The van der Waals surface area contributed by atoms with Crippen LogP contribution in [-0.4, -0.2) is 44.4 Å². The molecule has 6 nitrogen and oxygen atoms in total. The molecule has 0 aliphatic carbocycles. The van der Waals surface area contributed by atoms with Gasteiger partial charge >= 0.3 is 0 Å². The molecule has 3 heterocycles. The molecule has 0 amide bonds. The molecule has 5 rings (SSSR count). The maximum absolute atomic E-state index is 13.3. The van der Waals surface area contributed by atoms with Crippen LogP contribution in [0.3, 0.4) is 0 Å². The van der Waals surface area contributed by atoms with Gasteiger partial charge in [-0.2, -0.15) is 4.31 Å². The molecule has 2 aliphatic heterocycles. The largest absolute Gasteiger partial charge is 0.346 e.